The van der Waals surface area contributed by atoms with Crippen LogP contribution in [0, 0.1) is 5.82 Å². The van der Waals surface area contributed by atoms with Crippen LogP contribution >= 0.6 is 35.3 Å². The SMILES string of the molecule is O=C(O)CSc1cc(NS(=O)(=O)c2ccc(OC3CCCC3)cc2)c2ccccc2c1O.O=C(O)CSc1cc(NS(=O)(=O)c2ccc(OC3CCCCC3)c(F)c2)c2ccccc2c1O.O=C(O)CSc1cc(NS(=O)(=O)c2cccc(OC3CCCC3)c2)c2ccccc2c1O. The van der Waals surface area contributed by atoms with Crippen molar-refractivity contribution in [2.24, 2.45) is 0 Å². The molecule has 0 atom stereocenters. The van der Waals surface area contributed by atoms with Crippen LogP contribution in [0.3, 0.4) is 0 Å². The molecule has 9 aromatic rings. The first-order valence-corrected chi connectivity index (χ1v) is 38.7. The van der Waals surface area contributed by atoms with Gasteiger partial charge in [-0.1, -0.05) is 85.3 Å². The van der Waals surface area contributed by atoms with Gasteiger partial charge in [-0.15, -0.1) is 35.3 Å². The van der Waals surface area contributed by atoms with Crippen molar-refractivity contribution in [1.29, 1.82) is 0 Å². The molecule has 0 bridgehead atoms. The van der Waals surface area contributed by atoms with Crippen molar-refractivity contribution >= 4 is 133 Å². The van der Waals surface area contributed by atoms with E-state index >= 15 is 0 Å². The smallest absolute Gasteiger partial charge is 0.313 e. The number of benzene rings is 9. The molecule has 3 fully saturated rings. The standard InChI is InChI=1S/C24H24FNO6S2.2C23H23NO6S2/c25-19-12-16(10-11-21(19)32-15-6-2-1-3-7-15)34(30,31)26-20-13-22(33-14-23(27)28)24(29)18-9-5-4-8-17(18)20;25-22(26)14-31-21-13-20(18-10-3-4-11-19(18)23(21)27)24-32(28,29)17-9-5-8-16(12-17)30-15-6-1-2-7-15;25-22(26)14-31-21-13-20(18-7-3-4-8-19(18)23(21)27)24-32(28,29)17-11-9-16(10-12-17)30-15-5-1-2-6-15/h4-5,8-13,15,26,29H,1-3,6-7,14H2,(H,27,28);3-5,8-13,15,24,27H,1-2,6-7,14H2,(H,25,26);3-4,7-13,15,24,27H,1-2,5-6,14H2,(H,25,26). The van der Waals surface area contributed by atoms with Crippen molar-refractivity contribution in [3.8, 4) is 34.5 Å². The minimum absolute atomic E-state index is 0.0216. The Morgan fingerprint density at radius 3 is 1.11 bits per heavy atom. The van der Waals surface area contributed by atoms with Gasteiger partial charge in [0.15, 0.2) is 11.6 Å². The number of hydrogen-bond donors (Lipinski definition) is 9. The van der Waals surface area contributed by atoms with Crippen LogP contribution in [0.4, 0.5) is 21.5 Å². The predicted molar refractivity (Wildman–Crippen MR) is 377 cm³/mol. The van der Waals surface area contributed by atoms with Crippen LogP contribution in [0.15, 0.2) is 187 Å². The van der Waals surface area contributed by atoms with Gasteiger partial charge in [-0.05, 0) is 150 Å². The molecule has 3 aliphatic carbocycles. The summed E-state index contributed by atoms with van der Waals surface area (Å²) in [5, 5.41) is 61.2. The van der Waals surface area contributed by atoms with Crippen LogP contribution in [-0.4, -0.2) is 109 Å². The number of carboxylic acid groups (broad SMARTS) is 3. The summed E-state index contributed by atoms with van der Waals surface area (Å²) in [7, 11) is -12.1. The normalized spacial score (nSPS) is 14.6. The molecular formula is C70H70FN3O18S6. The first-order valence-electron chi connectivity index (χ1n) is 31.3. The summed E-state index contributed by atoms with van der Waals surface area (Å²) >= 11 is 2.71. The van der Waals surface area contributed by atoms with Crippen molar-refractivity contribution in [1.82, 2.24) is 0 Å². The highest BCUT2D eigenvalue weighted by atomic mass is 32.2. The van der Waals surface area contributed by atoms with Crippen molar-refractivity contribution in [2.45, 2.75) is 131 Å². The molecule has 0 spiro atoms. The van der Waals surface area contributed by atoms with E-state index in [1.54, 1.807) is 97.1 Å². The van der Waals surface area contributed by atoms with Crippen LogP contribution in [-0.2, 0) is 44.5 Å². The number of fused-ring (bicyclic) bond motifs is 3. The average molecular weight is 1450 g/mol. The van der Waals surface area contributed by atoms with Crippen molar-refractivity contribution < 1.29 is 88.9 Å². The summed E-state index contributed by atoms with van der Waals surface area (Å²) in [5.41, 5.74) is 0.662. The molecule has 12 rings (SSSR count). The molecule has 0 aromatic heterocycles. The van der Waals surface area contributed by atoms with Gasteiger partial charge in [0, 0.05) is 38.4 Å². The Kier molecular flexibility index (Phi) is 23.7. The molecule has 0 unspecified atom stereocenters. The summed E-state index contributed by atoms with van der Waals surface area (Å²) in [5.74, 6) is -3.89. The highest BCUT2D eigenvalue weighted by Gasteiger charge is 2.26. The highest BCUT2D eigenvalue weighted by Crippen LogP contribution is 2.44. The van der Waals surface area contributed by atoms with Gasteiger partial charge >= 0.3 is 17.9 Å². The van der Waals surface area contributed by atoms with Crippen LogP contribution in [0.5, 0.6) is 34.5 Å². The number of phenolic OH excluding ortho intramolecular Hbond substituents is 3. The quantitative estimate of drug-likeness (QED) is 0.0200. The molecule has 0 amide bonds. The van der Waals surface area contributed by atoms with Gasteiger partial charge in [0.05, 0.1) is 82.0 Å². The Morgan fingerprint density at radius 2 is 0.724 bits per heavy atom. The topological polar surface area (TPSA) is 339 Å². The predicted octanol–water partition coefficient (Wildman–Crippen LogP) is 15.1. The minimum atomic E-state index is -4.19. The summed E-state index contributed by atoms with van der Waals surface area (Å²) in [6.07, 6.45) is 13.6. The molecule has 9 aromatic carbocycles. The van der Waals surface area contributed by atoms with Gasteiger partial charge in [-0.2, -0.15) is 0 Å². The van der Waals surface area contributed by atoms with E-state index in [2.05, 4.69) is 14.2 Å². The van der Waals surface area contributed by atoms with E-state index in [9.17, 15) is 59.3 Å². The second kappa shape index (κ2) is 32.3. The fourth-order valence-electron chi connectivity index (χ4n) is 11.5. The number of hydrogen-bond acceptors (Lipinski definition) is 18. The lowest BCUT2D eigenvalue weighted by atomic mass is 9.98. The number of nitrogens with one attached hydrogen (secondary N) is 3. The van der Waals surface area contributed by atoms with Crippen molar-refractivity contribution in [3.63, 3.8) is 0 Å². The summed E-state index contributed by atoms with van der Waals surface area (Å²) in [6.45, 7) is 0. The van der Waals surface area contributed by atoms with Gasteiger partial charge in [0.2, 0.25) is 0 Å². The lowest BCUT2D eigenvalue weighted by molar-refractivity contribution is -0.134. The third-order valence-corrected chi connectivity index (χ3v) is 23.4. The molecule has 28 heteroatoms. The molecule has 516 valence electrons. The third-order valence-electron chi connectivity index (χ3n) is 16.2. The summed E-state index contributed by atoms with van der Waals surface area (Å²) in [4.78, 5) is 33.5. The molecule has 3 saturated carbocycles. The number of halogens is 1. The maximum Gasteiger partial charge on any atom is 0.313 e. The zero-order valence-electron chi connectivity index (χ0n) is 52.5. The number of anilines is 3. The number of rotatable bonds is 24. The summed E-state index contributed by atoms with van der Waals surface area (Å²) in [6, 6.07) is 40.7. The fraction of sp³-hybridized carbons (Fsp3) is 0.271. The van der Waals surface area contributed by atoms with Crippen LogP contribution in [0.2, 0.25) is 0 Å². The van der Waals surface area contributed by atoms with Gasteiger partial charge in [0.25, 0.3) is 30.1 Å². The third kappa shape index (κ3) is 18.5. The van der Waals surface area contributed by atoms with E-state index in [4.69, 9.17) is 29.5 Å². The summed E-state index contributed by atoms with van der Waals surface area (Å²) < 4.78 is 119. The van der Waals surface area contributed by atoms with Crippen molar-refractivity contribution in [3.05, 3.63) is 164 Å². The molecule has 9 N–H and O–H groups in total. The molecule has 0 radical (unpaired) electrons. The number of aromatic hydroxyl groups is 3. The number of sulfonamides is 3. The maximum absolute atomic E-state index is 14.7. The molecule has 3 aliphatic rings. The van der Waals surface area contributed by atoms with Crippen molar-refractivity contribution in [2.75, 3.05) is 31.4 Å². The monoisotopic (exact) mass is 1450 g/mol. The number of aliphatic carboxylic acids is 3. The Hall–Kier alpha value is -8.80. The number of ether oxygens (including phenoxy) is 3. The Balaban J connectivity index is 0.000000159. The van der Waals surface area contributed by atoms with E-state index in [0.717, 1.165) is 125 Å². The number of thioether (sulfide) groups is 3. The first-order chi connectivity index (χ1) is 46.9. The number of carbonyl (C=O) groups is 3. The zero-order chi connectivity index (χ0) is 69.7. The van der Waals surface area contributed by atoms with E-state index < -0.39 is 53.8 Å². The molecule has 0 saturated heterocycles. The second-order valence-corrected chi connectivity index (χ2v) is 31.4. The molecule has 21 nitrogen and oxygen atoms in total. The van der Waals surface area contributed by atoms with Crippen LogP contribution < -0.4 is 28.4 Å². The van der Waals surface area contributed by atoms with E-state index in [1.807, 2.05) is 0 Å². The lowest BCUT2D eigenvalue weighted by Crippen LogP contribution is -2.20. The Morgan fingerprint density at radius 1 is 0.388 bits per heavy atom. The Labute approximate surface area is 578 Å². The second-order valence-electron chi connectivity index (χ2n) is 23.3. The highest BCUT2D eigenvalue weighted by molar-refractivity contribution is 8.00. The first kappa shape index (κ1) is 72.0. The number of phenols is 3. The van der Waals surface area contributed by atoms with Crippen LogP contribution in [0.25, 0.3) is 32.3 Å². The number of carboxylic acids is 3. The average Bonchev–Trinajstić information content (AvgIpc) is 1.07. The van der Waals surface area contributed by atoms with Crippen LogP contribution in [0.1, 0.15) is 83.5 Å². The molecule has 0 heterocycles. The molecular weight excluding hydrogens is 1380 g/mol. The Bertz CT molecular complexity index is 4760. The zero-order valence-corrected chi connectivity index (χ0v) is 57.4. The van der Waals surface area contributed by atoms with E-state index in [1.165, 1.54) is 54.6 Å². The molecule has 0 aliphatic heterocycles. The lowest BCUT2D eigenvalue weighted by Gasteiger charge is -2.23. The van der Waals surface area contributed by atoms with Gasteiger partial charge < -0.3 is 44.8 Å². The van der Waals surface area contributed by atoms with E-state index in [-0.39, 0.29) is 105 Å². The fourth-order valence-corrected chi connectivity index (χ4v) is 17.0. The largest absolute Gasteiger partial charge is 0.506 e. The van der Waals surface area contributed by atoms with E-state index in [0.29, 0.717) is 43.8 Å². The van der Waals surface area contributed by atoms with Gasteiger partial charge in [-0.25, -0.2) is 29.6 Å². The van der Waals surface area contributed by atoms with Gasteiger partial charge in [0.1, 0.15) is 28.7 Å². The van der Waals surface area contributed by atoms with Gasteiger partial charge in [-0.3, -0.25) is 28.5 Å². The minimum Gasteiger partial charge on any atom is -0.506 e. The maximum atomic E-state index is 14.7. The molecule has 98 heavy (non-hydrogen) atoms.